The molecule has 0 aromatic carbocycles. The molecule has 0 unspecified atom stereocenters. The second-order valence-corrected chi connectivity index (χ2v) is 4.36. The van der Waals surface area contributed by atoms with Crippen LogP contribution >= 0.6 is 27.7 Å². The molecule has 5 heteroatoms. The van der Waals surface area contributed by atoms with Gasteiger partial charge in [0.1, 0.15) is 10.7 Å². The number of thioether (sulfide) groups is 1. The zero-order valence-corrected chi connectivity index (χ0v) is 9.52. The van der Waals surface area contributed by atoms with Crippen LogP contribution in [0.1, 0.15) is 6.42 Å². The number of halogens is 1. The molecule has 0 saturated heterocycles. The Morgan fingerprint density at radius 3 is 3.15 bits per heavy atom. The lowest BCUT2D eigenvalue weighted by atomic mass is 10.3. The molecule has 0 fully saturated rings. The molecule has 0 spiro atoms. The van der Waals surface area contributed by atoms with Gasteiger partial charge in [0.2, 0.25) is 0 Å². The highest BCUT2D eigenvalue weighted by atomic mass is 79.9. The van der Waals surface area contributed by atoms with E-state index in [1.807, 2.05) is 6.26 Å². The molecule has 0 bridgehead atoms. The van der Waals surface area contributed by atoms with E-state index in [4.69, 9.17) is 0 Å². The van der Waals surface area contributed by atoms with Crippen LogP contribution in [0.25, 0.3) is 4.48 Å². The lowest BCUT2D eigenvalue weighted by molar-refractivity contribution is 0.856. The van der Waals surface area contributed by atoms with Crippen molar-refractivity contribution < 1.29 is 0 Å². The Labute approximate surface area is 88.5 Å². The number of rotatable bonds is 1. The zero-order chi connectivity index (χ0) is 9.26. The van der Waals surface area contributed by atoms with Crippen molar-refractivity contribution in [2.45, 2.75) is 11.6 Å². The number of hydrogen-bond donors (Lipinski definition) is 0. The molecule has 0 saturated carbocycles. The average molecular weight is 258 g/mol. The standard InChI is InChI=1S/C8H8BrN3S/c1-13-8-11-4-6-7(12-8)5(9)2-3-10-6/h4H,2-3H2,1H3. The SMILES string of the molecule is CSc1ncc2c(n1)=C(Br)CCN=2. The second-order valence-electron chi connectivity index (χ2n) is 2.63. The molecule has 1 aromatic rings. The number of fused-ring (bicyclic) bond motifs is 1. The van der Waals surface area contributed by atoms with Crippen molar-refractivity contribution in [1.82, 2.24) is 9.97 Å². The zero-order valence-electron chi connectivity index (χ0n) is 7.12. The Kier molecular flexibility index (Phi) is 2.64. The van der Waals surface area contributed by atoms with Gasteiger partial charge in [-0.25, -0.2) is 9.97 Å². The monoisotopic (exact) mass is 257 g/mol. The van der Waals surface area contributed by atoms with Crippen LogP contribution in [0.4, 0.5) is 0 Å². The van der Waals surface area contributed by atoms with E-state index < -0.39 is 0 Å². The summed E-state index contributed by atoms with van der Waals surface area (Å²) in [6.07, 6.45) is 4.70. The van der Waals surface area contributed by atoms with Crippen LogP contribution in [0.15, 0.2) is 16.3 Å². The lowest BCUT2D eigenvalue weighted by Crippen LogP contribution is -2.34. The van der Waals surface area contributed by atoms with Crippen molar-refractivity contribution in [3.63, 3.8) is 0 Å². The van der Waals surface area contributed by atoms with Crippen molar-refractivity contribution >= 4 is 32.2 Å². The summed E-state index contributed by atoms with van der Waals surface area (Å²) in [7, 11) is 0. The van der Waals surface area contributed by atoms with E-state index in [1.165, 1.54) is 0 Å². The van der Waals surface area contributed by atoms with E-state index in [0.29, 0.717) is 0 Å². The topological polar surface area (TPSA) is 38.1 Å². The maximum Gasteiger partial charge on any atom is 0.187 e. The maximum atomic E-state index is 4.39. The first-order chi connectivity index (χ1) is 6.31. The molecule has 0 atom stereocenters. The fourth-order valence-corrected chi connectivity index (χ4v) is 1.98. The molecular formula is C8H8BrN3S. The molecule has 0 N–H and O–H groups in total. The minimum Gasteiger partial charge on any atom is -0.281 e. The van der Waals surface area contributed by atoms with Gasteiger partial charge in [-0.2, -0.15) is 0 Å². The minimum absolute atomic E-state index is 0.799. The van der Waals surface area contributed by atoms with Crippen LogP contribution in [0.3, 0.4) is 0 Å². The molecule has 68 valence electrons. The average Bonchev–Trinajstić information content (AvgIpc) is 2.18. The normalized spacial score (nSPS) is 15.1. The molecule has 2 rings (SSSR count). The number of aromatic nitrogens is 2. The molecule has 0 amide bonds. The van der Waals surface area contributed by atoms with E-state index in [-0.39, 0.29) is 0 Å². The Morgan fingerprint density at radius 1 is 1.54 bits per heavy atom. The molecule has 0 aliphatic carbocycles. The van der Waals surface area contributed by atoms with Crippen LogP contribution in [-0.4, -0.2) is 22.8 Å². The third kappa shape index (κ3) is 1.76. The van der Waals surface area contributed by atoms with Crippen molar-refractivity contribution in [3.8, 4) is 0 Å². The third-order valence-corrected chi connectivity index (χ3v) is 3.13. The van der Waals surface area contributed by atoms with E-state index >= 15 is 0 Å². The van der Waals surface area contributed by atoms with Gasteiger partial charge in [-0.05, 0) is 6.26 Å². The summed E-state index contributed by atoms with van der Waals surface area (Å²) in [6.45, 7) is 0.829. The van der Waals surface area contributed by atoms with Gasteiger partial charge in [-0.3, -0.25) is 4.99 Å². The Morgan fingerprint density at radius 2 is 2.38 bits per heavy atom. The van der Waals surface area contributed by atoms with Gasteiger partial charge in [0, 0.05) is 17.4 Å². The van der Waals surface area contributed by atoms with E-state index in [9.17, 15) is 0 Å². The molecule has 1 aromatic heterocycles. The summed E-state index contributed by atoms with van der Waals surface area (Å²) in [5.74, 6) is 0. The molecule has 3 nitrogen and oxygen atoms in total. The van der Waals surface area contributed by atoms with Crippen molar-refractivity contribution in [1.29, 1.82) is 0 Å². The number of hydrogen-bond acceptors (Lipinski definition) is 4. The van der Waals surface area contributed by atoms with Gasteiger partial charge in [0.15, 0.2) is 5.16 Å². The lowest BCUT2D eigenvalue weighted by Gasteiger charge is -2.03. The van der Waals surface area contributed by atoms with Crippen LogP contribution in [-0.2, 0) is 0 Å². The van der Waals surface area contributed by atoms with E-state index in [0.717, 1.165) is 33.3 Å². The highest BCUT2D eigenvalue weighted by Crippen LogP contribution is 2.10. The molecular weight excluding hydrogens is 250 g/mol. The largest absolute Gasteiger partial charge is 0.281 e. The minimum atomic E-state index is 0.799. The molecule has 13 heavy (non-hydrogen) atoms. The quantitative estimate of drug-likeness (QED) is 0.550. The first-order valence-corrected chi connectivity index (χ1v) is 5.93. The summed E-state index contributed by atoms with van der Waals surface area (Å²) >= 11 is 5.05. The summed E-state index contributed by atoms with van der Waals surface area (Å²) in [6, 6.07) is 0. The van der Waals surface area contributed by atoms with Gasteiger partial charge in [0.05, 0.1) is 6.20 Å². The highest BCUT2D eigenvalue weighted by molar-refractivity contribution is 9.14. The number of nitrogens with zero attached hydrogens (tertiary/aromatic N) is 3. The Balaban J connectivity index is 2.74. The van der Waals surface area contributed by atoms with Crippen molar-refractivity contribution in [2.75, 3.05) is 12.8 Å². The van der Waals surface area contributed by atoms with Gasteiger partial charge < -0.3 is 0 Å². The third-order valence-electron chi connectivity index (χ3n) is 1.80. The summed E-state index contributed by atoms with van der Waals surface area (Å²) in [4.78, 5) is 12.9. The fraction of sp³-hybridized carbons (Fsp3) is 0.375. The predicted molar refractivity (Wildman–Crippen MR) is 56.4 cm³/mol. The van der Waals surface area contributed by atoms with E-state index in [1.54, 1.807) is 18.0 Å². The summed E-state index contributed by atoms with van der Waals surface area (Å²) in [5, 5.41) is 2.65. The Hall–Kier alpha value is -0.420. The van der Waals surface area contributed by atoms with Gasteiger partial charge in [0.25, 0.3) is 0 Å². The molecule has 0 radical (unpaired) electrons. The van der Waals surface area contributed by atoms with Crippen LogP contribution in [0.5, 0.6) is 0 Å². The summed E-state index contributed by atoms with van der Waals surface area (Å²) in [5.41, 5.74) is 0. The Bertz CT molecular complexity index is 443. The summed E-state index contributed by atoms with van der Waals surface area (Å²) < 4.78 is 1.13. The first kappa shape index (κ1) is 9.15. The van der Waals surface area contributed by atoms with Crippen LogP contribution in [0, 0.1) is 0 Å². The smallest absolute Gasteiger partial charge is 0.187 e. The van der Waals surface area contributed by atoms with Gasteiger partial charge >= 0.3 is 0 Å². The van der Waals surface area contributed by atoms with Gasteiger partial charge in [-0.15, -0.1) is 0 Å². The molecule has 1 aliphatic rings. The van der Waals surface area contributed by atoms with Crippen LogP contribution < -0.4 is 10.7 Å². The highest BCUT2D eigenvalue weighted by Gasteiger charge is 2.04. The maximum absolute atomic E-state index is 4.39. The van der Waals surface area contributed by atoms with Gasteiger partial charge in [-0.1, -0.05) is 27.7 Å². The van der Waals surface area contributed by atoms with Crippen LogP contribution in [0.2, 0.25) is 0 Å². The van der Waals surface area contributed by atoms with Crippen molar-refractivity contribution in [2.24, 2.45) is 4.99 Å². The molecule has 1 aliphatic heterocycles. The first-order valence-electron chi connectivity index (χ1n) is 3.91. The second kappa shape index (κ2) is 3.75. The molecule has 2 heterocycles. The van der Waals surface area contributed by atoms with E-state index in [2.05, 4.69) is 30.9 Å². The fourth-order valence-electron chi connectivity index (χ4n) is 1.17. The van der Waals surface area contributed by atoms with Crippen molar-refractivity contribution in [3.05, 3.63) is 16.9 Å². The predicted octanol–water partition coefficient (Wildman–Crippen LogP) is 0.725.